The van der Waals surface area contributed by atoms with Gasteiger partial charge in [0, 0.05) is 7.05 Å². The molecule has 0 fully saturated rings. The second kappa shape index (κ2) is 10.1. The van der Waals surface area contributed by atoms with E-state index >= 15 is 0 Å². The van der Waals surface area contributed by atoms with Crippen LogP contribution in [0.2, 0.25) is 0 Å². The zero-order valence-electron chi connectivity index (χ0n) is 16.7. The average Bonchev–Trinajstić information content (AvgIpc) is 2.76. The summed E-state index contributed by atoms with van der Waals surface area (Å²) in [6.45, 7) is 2.08. The first kappa shape index (κ1) is 20.2. The molecule has 6 heteroatoms. The minimum atomic E-state index is -0.502. The van der Waals surface area contributed by atoms with Gasteiger partial charge in [-0.05, 0) is 36.6 Å². The summed E-state index contributed by atoms with van der Waals surface area (Å²) in [4.78, 5) is 16.3. The highest BCUT2D eigenvalue weighted by atomic mass is 16.5. The van der Waals surface area contributed by atoms with Crippen LogP contribution in [0.1, 0.15) is 24.1 Å². The van der Waals surface area contributed by atoms with Crippen LogP contribution in [0.4, 0.5) is 22.1 Å². The fourth-order valence-electron chi connectivity index (χ4n) is 3.07. The minimum Gasteiger partial charge on any atom is -0.450 e. The van der Waals surface area contributed by atoms with Crippen LogP contribution in [0.3, 0.4) is 0 Å². The van der Waals surface area contributed by atoms with Crippen LogP contribution in [0.5, 0.6) is 0 Å². The minimum absolute atomic E-state index is 0.0553. The van der Waals surface area contributed by atoms with Gasteiger partial charge in [-0.15, -0.1) is 0 Å². The molecule has 0 saturated carbocycles. The Kier molecular flexibility index (Phi) is 7.05. The Bertz CT molecular complexity index is 917. The molecule has 0 aliphatic rings. The number of hydrogen-bond acceptors (Lipinski definition) is 5. The van der Waals surface area contributed by atoms with Gasteiger partial charge in [0.05, 0.1) is 18.3 Å². The Morgan fingerprint density at radius 2 is 1.69 bits per heavy atom. The predicted octanol–water partition coefficient (Wildman–Crippen LogP) is 5.09. The molecule has 1 heterocycles. The summed E-state index contributed by atoms with van der Waals surface area (Å²) < 4.78 is 4.94. The Balaban J connectivity index is 1.82. The number of pyridine rings is 1. The van der Waals surface area contributed by atoms with Gasteiger partial charge in [0.1, 0.15) is 5.82 Å². The molecule has 150 valence electrons. The maximum absolute atomic E-state index is 11.7. The van der Waals surface area contributed by atoms with Gasteiger partial charge in [-0.25, -0.2) is 9.78 Å². The van der Waals surface area contributed by atoms with Crippen molar-refractivity contribution in [3.8, 4) is 0 Å². The second-order valence-electron chi connectivity index (χ2n) is 6.49. The lowest BCUT2D eigenvalue weighted by atomic mass is 9.99. The van der Waals surface area contributed by atoms with Crippen molar-refractivity contribution in [1.82, 2.24) is 4.98 Å². The van der Waals surface area contributed by atoms with E-state index in [1.807, 2.05) is 48.5 Å². The molecule has 1 atom stereocenters. The van der Waals surface area contributed by atoms with Crippen molar-refractivity contribution in [2.24, 2.45) is 0 Å². The van der Waals surface area contributed by atoms with Gasteiger partial charge in [-0.1, -0.05) is 60.7 Å². The van der Waals surface area contributed by atoms with Gasteiger partial charge < -0.3 is 15.4 Å². The lowest BCUT2D eigenvalue weighted by Crippen LogP contribution is -2.17. The molecule has 0 aliphatic heterocycles. The van der Waals surface area contributed by atoms with Crippen LogP contribution >= 0.6 is 0 Å². The molecule has 1 aromatic heterocycles. The molecule has 0 bridgehead atoms. The molecule has 1 unspecified atom stereocenters. The van der Waals surface area contributed by atoms with Crippen molar-refractivity contribution in [2.45, 2.75) is 19.4 Å². The number of benzene rings is 2. The molecule has 0 spiro atoms. The molecule has 0 aliphatic carbocycles. The molecule has 29 heavy (non-hydrogen) atoms. The summed E-state index contributed by atoms with van der Waals surface area (Å²) >= 11 is 0. The quantitative estimate of drug-likeness (QED) is 0.500. The van der Waals surface area contributed by atoms with Gasteiger partial charge in [0.2, 0.25) is 0 Å². The first-order valence-electron chi connectivity index (χ1n) is 9.67. The van der Waals surface area contributed by atoms with Gasteiger partial charge in [-0.2, -0.15) is 0 Å². The third-order valence-corrected chi connectivity index (χ3v) is 4.45. The third-order valence-electron chi connectivity index (χ3n) is 4.45. The van der Waals surface area contributed by atoms with E-state index in [-0.39, 0.29) is 6.04 Å². The third kappa shape index (κ3) is 5.72. The van der Waals surface area contributed by atoms with E-state index < -0.39 is 6.09 Å². The highest BCUT2D eigenvalue weighted by molar-refractivity contribution is 5.88. The molecule has 3 N–H and O–H groups in total. The van der Waals surface area contributed by atoms with Crippen molar-refractivity contribution in [2.75, 3.05) is 29.6 Å². The number of nitrogens with one attached hydrogen (secondary N) is 3. The number of ether oxygens (including phenoxy) is 1. The average molecular weight is 390 g/mol. The van der Waals surface area contributed by atoms with E-state index in [1.165, 1.54) is 11.1 Å². The number of nitrogens with zero attached hydrogens (tertiary/aromatic N) is 1. The van der Waals surface area contributed by atoms with Crippen molar-refractivity contribution < 1.29 is 9.53 Å². The molecular weight excluding hydrogens is 364 g/mol. The Morgan fingerprint density at radius 3 is 2.34 bits per heavy atom. The van der Waals surface area contributed by atoms with Crippen molar-refractivity contribution in [3.05, 3.63) is 83.9 Å². The molecule has 1 amide bonds. The maximum atomic E-state index is 11.7. The molecule has 3 rings (SSSR count). The van der Waals surface area contributed by atoms with Gasteiger partial charge in [-0.3, -0.25) is 5.32 Å². The summed E-state index contributed by atoms with van der Waals surface area (Å²) in [7, 11) is 1.76. The Hall–Kier alpha value is -3.54. The normalized spacial score (nSPS) is 11.4. The monoisotopic (exact) mass is 390 g/mol. The summed E-state index contributed by atoms with van der Waals surface area (Å²) in [6, 6.07) is 24.4. The van der Waals surface area contributed by atoms with E-state index in [9.17, 15) is 4.79 Å². The Morgan fingerprint density at radius 1 is 1.00 bits per heavy atom. The first-order chi connectivity index (χ1) is 14.2. The van der Waals surface area contributed by atoms with E-state index in [4.69, 9.17) is 4.74 Å². The van der Waals surface area contributed by atoms with Gasteiger partial charge >= 0.3 is 6.09 Å². The van der Waals surface area contributed by atoms with Crippen molar-refractivity contribution in [3.63, 3.8) is 0 Å². The molecule has 3 aromatic rings. The zero-order valence-corrected chi connectivity index (χ0v) is 16.7. The molecule has 0 saturated heterocycles. The van der Waals surface area contributed by atoms with Gasteiger partial charge in [0.25, 0.3) is 0 Å². The fraction of sp³-hybridized carbons (Fsp3) is 0.217. The molecule has 0 radical (unpaired) electrons. The molecule has 6 nitrogen and oxygen atoms in total. The number of carbonyl (C=O) groups excluding carboxylic acids is 1. The lowest BCUT2D eigenvalue weighted by Gasteiger charge is -2.21. The number of hydrogen-bond donors (Lipinski definition) is 3. The number of aromatic nitrogens is 1. The largest absolute Gasteiger partial charge is 0.450 e. The smallest absolute Gasteiger partial charge is 0.411 e. The Labute approximate surface area is 171 Å². The van der Waals surface area contributed by atoms with E-state index in [0.717, 1.165) is 6.42 Å². The van der Waals surface area contributed by atoms with E-state index in [0.29, 0.717) is 23.9 Å². The van der Waals surface area contributed by atoms with E-state index in [2.05, 4.69) is 45.2 Å². The van der Waals surface area contributed by atoms with Crippen LogP contribution in [0, 0.1) is 0 Å². The van der Waals surface area contributed by atoms with Crippen LogP contribution in [-0.4, -0.2) is 24.7 Å². The van der Waals surface area contributed by atoms with Gasteiger partial charge in [0.15, 0.2) is 5.82 Å². The maximum Gasteiger partial charge on any atom is 0.411 e. The summed E-state index contributed by atoms with van der Waals surface area (Å²) in [5.41, 5.74) is 2.98. The van der Waals surface area contributed by atoms with Crippen molar-refractivity contribution in [1.29, 1.82) is 0 Å². The highest BCUT2D eigenvalue weighted by Gasteiger charge is 2.15. The summed E-state index contributed by atoms with van der Waals surface area (Å²) in [5, 5.41) is 9.25. The second-order valence-corrected chi connectivity index (χ2v) is 6.49. The highest BCUT2D eigenvalue weighted by Crippen LogP contribution is 2.26. The van der Waals surface area contributed by atoms with Crippen LogP contribution < -0.4 is 16.0 Å². The predicted molar refractivity (Wildman–Crippen MR) is 117 cm³/mol. The molecular formula is C23H26N4O2. The SMILES string of the molecule is CCOC(=O)Nc1ccc(NC(Cc2ccccc2)c2ccccc2)nc1NC. The zero-order chi connectivity index (χ0) is 20.5. The number of rotatable bonds is 8. The standard InChI is InChI=1S/C23H26N4O2/c1-3-29-23(28)26-19-14-15-21(27-22(19)24-2)25-20(18-12-8-5-9-13-18)16-17-10-6-4-7-11-17/h4-15,20H,3,16H2,1-2H3,(H,26,28)(H2,24,25,27). The lowest BCUT2D eigenvalue weighted by molar-refractivity contribution is 0.168. The topological polar surface area (TPSA) is 75.3 Å². The van der Waals surface area contributed by atoms with Crippen LogP contribution in [-0.2, 0) is 11.2 Å². The number of carbonyl (C=O) groups is 1. The first-order valence-corrected chi connectivity index (χ1v) is 9.67. The number of amides is 1. The molecule has 2 aromatic carbocycles. The van der Waals surface area contributed by atoms with Crippen LogP contribution in [0.25, 0.3) is 0 Å². The fourth-order valence-corrected chi connectivity index (χ4v) is 3.07. The van der Waals surface area contributed by atoms with Crippen molar-refractivity contribution >= 4 is 23.4 Å². The summed E-state index contributed by atoms with van der Waals surface area (Å²) in [5.74, 6) is 1.28. The summed E-state index contributed by atoms with van der Waals surface area (Å²) in [6.07, 6.45) is 0.322. The van der Waals surface area contributed by atoms with Crippen LogP contribution in [0.15, 0.2) is 72.8 Å². The number of anilines is 3. The van der Waals surface area contributed by atoms with E-state index in [1.54, 1.807) is 14.0 Å².